The van der Waals surface area contributed by atoms with Crippen molar-refractivity contribution in [1.29, 1.82) is 5.26 Å². The van der Waals surface area contributed by atoms with E-state index in [0.29, 0.717) is 11.0 Å². The zero-order chi connectivity index (χ0) is 21.1. The van der Waals surface area contributed by atoms with Crippen LogP contribution in [-0.2, 0) is 11.0 Å². The van der Waals surface area contributed by atoms with Crippen LogP contribution in [0.2, 0.25) is 0 Å². The van der Waals surface area contributed by atoms with Crippen LogP contribution < -0.4 is 4.90 Å². The molecule has 3 amide bonds. The summed E-state index contributed by atoms with van der Waals surface area (Å²) in [6.45, 7) is -4.50. The van der Waals surface area contributed by atoms with Crippen molar-refractivity contribution in [3.05, 3.63) is 29.3 Å². The highest BCUT2D eigenvalue weighted by molar-refractivity contribution is 6.23. The number of imide groups is 1. The molecule has 0 radical (unpaired) electrons. The van der Waals surface area contributed by atoms with Crippen LogP contribution in [0.3, 0.4) is 0 Å². The predicted molar refractivity (Wildman–Crippen MR) is 85.3 cm³/mol. The van der Waals surface area contributed by atoms with E-state index in [-0.39, 0.29) is 4.90 Å². The molecule has 1 aliphatic rings. The molecule has 1 aliphatic heterocycles. The van der Waals surface area contributed by atoms with Crippen molar-refractivity contribution in [3.8, 4) is 17.9 Å². The highest BCUT2D eigenvalue weighted by Gasteiger charge is 2.58. The monoisotopic (exact) mass is 401 g/mol. The van der Waals surface area contributed by atoms with E-state index in [2.05, 4.69) is 11.8 Å². The van der Waals surface area contributed by atoms with Gasteiger partial charge in [0.05, 0.1) is 29.4 Å². The number of nitriles is 1. The summed E-state index contributed by atoms with van der Waals surface area (Å²) in [5.41, 5.74) is -5.32. The fourth-order valence-electron chi connectivity index (χ4n) is 2.65. The van der Waals surface area contributed by atoms with Crippen LogP contribution in [0.1, 0.15) is 11.1 Å². The number of benzene rings is 1. The van der Waals surface area contributed by atoms with Crippen molar-refractivity contribution >= 4 is 17.6 Å². The minimum atomic E-state index is -4.96. The molecule has 0 aromatic heterocycles. The summed E-state index contributed by atoms with van der Waals surface area (Å²) < 4.78 is 66.7. The number of hydrogen-bond donors (Lipinski definition) is 1. The Morgan fingerprint density at radius 2 is 1.79 bits per heavy atom. The fraction of sp³-hybridized carbons (Fsp3) is 0.353. The molecule has 0 spiro atoms. The smallest absolute Gasteiger partial charge is 0.384 e. The lowest BCUT2D eigenvalue weighted by Crippen LogP contribution is -2.53. The quantitative estimate of drug-likeness (QED) is 0.475. The molecule has 28 heavy (non-hydrogen) atoms. The summed E-state index contributed by atoms with van der Waals surface area (Å²) in [5.74, 6) is 3.00. The third kappa shape index (κ3) is 3.37. The Morgan fingerprint density at radius 1 is 1.14 bits per heavy atom. The Balaban J connectivity index is 2.59. The number of aliphatic hydroxyl groups is 1. The number of anilines is 1. The number of urea groups is 1. The van der Waals surface area contributed by atoms with Gasteiger partial charge in [0, 0.05) is 0 Å². The lowest BCUT2D eigenvalue weighted by molar-refractivity contribution is -0.137. The molecule has 1 aromatic carbocycles. The molecule has 1 heterocycles. The van der Waals surface area contributed by atoms with Gasteiger partial charge in [0.25, 0.3) is 5.91 Å². The fourth-order valence-corrected chi connectivity index (χ4v) is 2.65. The summed E-state index contributed by atoms with van der Waals surface area (Å²) in [7, 11) is 0. The van der Waals surface area contributed by atoms with Gasteiger partial charge in [-0.2, -0.15) is 18.4 Å². The van der Waals surface area contributed by atoms with Crippen molar-refractivity contribution in [3.63, 3.8) is 0 Å². The SMILES string of the molecule is N#Cc1ccc(N2C(=O)N(CC#CCO)C(CF)(CF)C2=O)cc1C(F)(F)F. The van der Waals surface area contributed by atoms with E-state index >= 15 is 0 Å². The molecule has 1 saturated heterocycles. The summed E-state index contributed by atoms with van der Waals surface area (Å²) in [6.07, 6.45) is -4.96. The van der Waals surface area contributed by atoms with Gasteiger partial charge < -0.3 is 5.11 Å². The summed E-state index contributed by atoms with van der Waals surface area (Å²) in [5, 5.41) is 17.5. The van der Waals surface area contributed by atoms with E-state index in [0.717, 1.165) is 12.1 Å². The Hall–Kier alpha value is -3.18. The lowest BCUT2D eigenvalue weighted by atomic mass is 10.0. The van der Waals surface area contributed by atoms with Gasteiger partial charge in [-0.15, -0.1) is 0 Å². The van der Waals surface area contributed by atoms with Crippen LogP contribution in [0.5, 0.6) is 0 Å². The number of aliphatic hydroxyl groups excluding tert-OH is 1. The number of carbonyl (C=O) groups excluding carboxylic acids is 2. The minimum Gasteiger partial charge on any atom is -0.384 e. The number of hydrogen-bond acceptors (Lipinski definition) is 4. The summed E-state index contributed by atoms with van der Waals surface area (Å²) >= 11 is 0. The van der Waals surface area contributed by atoms with Crippen molar-refractivity contribution in [2.75, 3.05) is 31.4 Å². The van der Waals surface area contributed by atoms with Crippen LogP contribution in [0, 0.1) is 23.2 Å². The van der Waals surface area contributed by atoms with E-state index < -0.39 is 67.0 Å². The molecule has 11 heteroatoms. The number of rotatable bonds is 4. The third-order valence-electron chi connectivity index (χ3n) is 4.11. The van der Waals surface area contributed by atoms with Crippen molar-refractivity contribution in [2.24, 2.45) is 0 Å². The van der Waals surface area contributed by atoms with Gasteiger partial charge in [-0.05, 0) is 18.2 Å². The average molecular weight is 401 g/mol. The Morgan fingerprint density at radius 3 is 2.29 bits per heavy atom. The molecule has 1 fully saturated rings. The molecule has 1 N–H and O–H groups in total. The third-order valence-corrected chi connectivity index (χ3v) is 4.11. The first-order valence-electron chi connectivity index (χ1n) is 7.64. The van der Waals surface area contributed by atoms with E-state index in [1.807, 2.05) is 0 Å². The van der Waals surface area contributed by atoms with Gasteiger partial charge in [-0.1, -0.05) is 11.8 Å². The van der Waals surface area contributed by atoms with Crippen LogP contribution in [0.15, 0.2) is 18.2 Å². The second-order valence-corrected chi connectivity index (χ2v) is 5.66. The van der Waals surface area contributed by atoms with Crippen LogP contribution >= 0.6 is 0 Å². The average Bonchev–Trinajstić information content (AvgIpc) is 2.87. The molecular weight excluding hydrogens is 389 g/mol. The Kier molecular flexibility index (Phi) is 5.90. The minimum absolute atomic E-state index is 0.218. The number of amides is 3. The highest BCUT2D eigenvalue weighted by atomic mass is 19.4. The van der Waals surface area contributed by atoms with Crippen LogP contribution in [0.4, 0.5) is 32.4 Å². The van der Waals surface area contributed by atoms with Crippen molar-refractivity contribution in [1.82, 2.24) is 4.90 Å². The molecular formula is C17H12F5N3O3. The summed E-state index contributed by atoms with van der Waals surface area (Å²) in [4.78, 5) is 25.9. The predicted octanol–water partition coefficient (Wildman–Crippen LogP) is 2.02. The molecule has 6 nitrogen and oxygen atoms in total. The van der Waals surface area contributed by atoms with Crippen LogP contribution in [-0.4, -0.2) is 54.0 Å². The molecule has 148 valence electrons. The van der Waals surface area contributed by atoms with E-state index in [1.54, 1.807) is 0 Å². The first kappa shape index (κ1) is 21.1. The highest BCUT2D eigenvalue weighted by Crippen LogP contribution is 2.38. The normalized spacial score (nSPS) is 16.0. The topological polar surface area (TPSA) is 84.6 Å². The molecule has 0 aliphatic carbocycles. The zero-order valence-corrected chi connectivity index (χ0v) is 14.1. The Bertz CT molecular complexity index is 894. The Labute approximate surface area is 155 Å². The number of carbonyl (C=O) groups is 2. The van der Waals surface area contributed by atoms with E-state index in [9.17, 15) is 31.5 Å². The maximum absolute atomic E-state index is 13.6. The molecule has 2 rings (SSSR count). The maximum atomic E-state index is 13.6. The van der Waals surface area contributed by atoms with Crippen molar-refractivity contribution in [2.45, 2.75) is 11.7 Å². The van der Waals surface area contributed by atoms with Gasteiger partial charge in [0.1, 0.15) is 20.0 Å². The first-order valence-corrected chi connectivity index (χ1v) is 7.64. The van der Waals surface area contributed by atoms with Crippen LogP contribution in [0.25, 0.3) is 0 Å². The van der Waals surface area contributed by atoms with Gasteiger partial charge in [0.2, 0.25) is 0 Å². The second kappa shape index (κ2) is 7.82. The van der Waals surface area contributed by atoms with E-state index in [1.165, 1.54) is 6.07 Å². The molecule has 0 atom stereocenters. The number of nitrogens with zero attached hydrogens (tertiary/aromatic N) is 3. The van der Waals surface area contributed by atoms with Gasteiger partial charge in [-0.3, -0.25) is 9.69 Å². The van der Waals surface area contributed by atoms with Gasteiger partial charge in [0.15, 0.2) is 5.54 Å². The second-order valence-electron chi connectivity index (χ2n) is 5.66. The molecule has 1 aromatic rings. The zero-order valence-electron chi connectivity index (χ0n) is 14.1. The largest absolute Gasteiger partial charge is 0.417 e. The standard InChI is InChI=1S/C17H12F5N3O3/c18-9-16(10-19)14(27)25(15(28)24(16)5-1-2-6-26)12-4-3-11(8-23)13(7-12)17(20,21)22/h3-4,7,26H,5-6,9-10H2. The lowest BCUT2D eigenvalue weighted by Gasteiger charge is -2.28. The summed E-state index contributed by atoms with van der Waals surface area (Å²) in [6, 6.07) is 2.10. The first-order chi connectivity index (χ1) is 13.2. The number of halogens is 5. The number of alkyl halides is 5. The maximum Gasteiger partial charge on any atom is 0.417 e. The van der Waals surface area contributed by atoms with E-state index in [4.69, 9.17) is 10.4 Å². The molecule has 0 saturated carbocycles. The van der Waals surface area contributed by atoms with Gasteiger partial charge in [-0.25, -0.2) is 18.5 Å². The molecule has 0 bridgehead atoms. The van der Waals surface area contributed by atoms with Gasteiger partial charge >= 0.3 is 12.2 Å². The van der Waals surface area contributed by atoms with Crippen molar-refractivity contribution < 1.29 is 36.6 Å². The molecule has 0 unspecified atom stereocenters.